The van der Waals surface area contributed by atoms with Gasteiger partial charge in [0.15, 0.2) is 11.6 Å². The second kappa shape index (κ2) is 6.02. The van der Waals surface area contributed by atoms with Crippen molar-refractivity contribution in [2.75, 3.05) is 18.0 Å². The lowest BCUT2D eigenvalue weighted by Gasteiger charge is -2.34. The summed E-state index contributed by atoms with van der Waals surface area (Å²) in [5, 5.41) is 19.3. The number of rotatable bonds is 4. The lowest BCUT2D eigenvalue weighted by Crippen LogP contribution is -2.37. The molecule has 1 atom stereocenters. The highest BCUT2D eigenvalue weighted by Gasteiger charge is 2.27. The first kappa shape index (κ1) is 15.1. The summed E-state index contributed by atoms with van der Waals surface area (Å²) in [6.45, 7) is 0.611. The number of hydrogen-bond donors (Lipinski definition) is 1. The Morgan fingerprint density at radius 3 is 2.57 bits per heavy atom. The number of carboxylic acids is 1. The Bertz CT molecular complexity index is 556. The van der Waals surface area contributed by atoms with Crippen LogP contribution in [0.1, 0.15) is 19.3 Å². The molecule has 0 aliphatic carbocycles. The largest absolute Gasteiger partial charge is 0.481 e. The molecule has 0 amide bonds. The molecule has 0 aromatic heterocycles. The Balaban J connectivity index is 2.25. The van der Waals surface area contributed by atoms with Crippen molar-refractivity contribution in [3.8, 4) is 0 Å². The van der Waals surface area contributed by atoms with E-state index in [0.29, 0.717) is 31.5 Å². The number of carboxylic acid groups (broad SMARTS) is 1. The van der Waals surface area contributed by atoms with Gasteiger partial charge in [0.05, 0.1) is 17.1 Å². The van der Waals surface area contributed by atoms with Crippen molar-refractivity contribution in [2.45, 2.75) is 19.3 Å². The van der Waals surface area contributed by atoms with Crippen molar-refractivity contribution in [1.29, 1.82) is 0 Å². The molecule has 1 aliphatic heterocycles. The number of nitrogens with zero attached hydrogens (tertiary/aromatic N) is 2. The molecule has 1 unspecified atom stereocenters. The van der Waals surface area contributed by atoms with E-state index in [0.717, 1.165) is 0 Å². The van der Waals surface area contributed by atoms with E-state index in [4.69, 9.17) is 5.11 Å². The smallest absolute Gasteiger partial charge is 0.303 e. The molecule has 8 heteroatoms. The van der Waals surface area contributed by atoms with Crippen molar-refractivity contribution in [3.63, 3.8) is 0 Å². The van der Waals surface area contributed by atoms with Crippen LogP contribution in [-0.4, -0.2) is 29.1 Å². The molecule has 0 radical (unpaired) electrons. The second-order valence-electron chi connectivity index (χ2n) is 5.07. The molecule has 1 aromatic rings. The minimum absolute atomic E-state index is 0.0628. The van der Waals surface area contributed by atoms with Crippen LogP contribution in [0.3, 0.4) is 0 Å². The molecule has 0 spiro atoms. The number of non-ortho nitro benzene ring substituents is 1. The molecule has 1 aliphatic rings. The first-order valence-corrected chi connectivity index (χ1v) is 6.48. The maximum atomic E-state index is 13.9. The summed E-state index contributed by atoms with van der Waals surface area (Å²) in [7, 11) is 0. The highest BCUT2D eigenvalue weighted by atomic mass is 19.1. The van der Waals surface area contributed by atoms with Gasteiger partial charge in [0.2, 0.25) is 0 Å². The number of nitro groups is 1. The highest BCUT2D eigenvalue weighted by Crippen LogP contribution is 2.32. The molecule has 6 nitrogen and oxygen atoms in total. The monoisotopic (exact) mass is 300 g/mol. The Hall–Kier alpha value is -2.25. The van der Waals surface area contributed by atoms with Gasteiger partial charge in [0.1, 0.15) is 5.69 Å². The molecule has 1 heterocycles. The summed E-state index contributed by atoms with van der Waals surface area (Å²) in [6.07, 6.45) is 1.24. The van der Waals surface area contributed by atoms with Gasteiger partial charge in [-0.3, -0.25) is 14.9 Å². The molecule has 2 rings (SSSR count). The first-order valence-electron chi connectivity index (χ1n) is 6.48. The number of benzene rings is 1. The fourth-order valence-electron chi connectivity index (χ4n) is 2.64. The summed E-state index contributed by atoms with van der Waals surface area (Å²) in [4.78, 5) is 21.8. The first-order chi connectivity index (χ1) is 9.88. The van der Waals surface area contributed by atoms with Crippen LogP contribution in [0.25, 0.3) is 0 Å². The van der Waals surface area contributed by atoms with Crippen molar-refractivity contribution in [2.24, 2.45) is 5.92 Å². The second-order valence-corrected chi connectivity index (χ2v) is 5.07. The summed E-state index contributed by atoms with van der Waals surface area (Å²) < 4.78 is 27.9. The number of carbonyl (C=O) groups is 1. The average Bonchev–Trinajstić information content (AvgIpc) is 2.37. The van der Waals surface area contributed by atoms with E-state index in [9.17, 15) is 23.7 Å². The summed E-state index contributed by atoms with van der Waals surface area (Å²) in [6, 6.07) is 1.36. The van der Waals surface area contributed by atoms with Crippen molar-refractivity contribution >= 4 is 17.3 Å². The SMILES string of the molecule is O=C(O)CC1CCCN(c2c(F)cc([N+](=O)[O-])cc2F)C1. The zero-order chi connectivity index (χ0) is 15.6. The quantitative estimate of drug-likeness (QED) is 0.682. The Labute approximate surface area is 119 Å². The lowest BCUT2D eigenvalue weighted by molar-refractivity contribution is -0.385. The molecule has 1 aromatic carbocycles. The molecular weight excluding hydrogens is 286 g/mol. The van der Waals surface area contributed by atoms with E-state index in [1.807, 2.05) is 0 Å². The standard InChI is InChI=1S/C13H14F2N2O4/c14-10-5-9(17(20)21)6-11(15)13(10)16-3-1-2-8(7-16)4-12(18)19/h5-6,8H,1-4,7H2,(H,18,19). The minimum atomic E-state index is -1.00. The van der Waals surface area contributed by atoms with Crippen LogP contribution in [0.15, 0.2) is 12.1 Å². The van der Waals surface area contributed by atoms with Crippen molar-refractivity contribution < 1.29 is 23.6 Å². The molecule has 0 saturated carbocycles. The normalized spacial score (nSPS) is 18.6. The number of aliphatic carboxylic acids is 1. The number of piperidine rings is 1. The van der Waals surface area contributed by atoms with Gasteiger partial charge in [-0.2, -0.15) is 0 Å². The lowest BCUT2D eigenvalue weighted by atomic mass is 9.94. The van der Waals surface area contributed by atoms with E-state index < -0.39 is 28.2 Å². The predicted octanol–water partition coefficient (Wildman–Crippen LogP) is 2.56. The third kappa shape index (κ3) is 3.45. The van der Waals surface area contributed by atoms with E-state index in [2.05, 4.69) is 0 Å². The number of anilines is 1. The molecule has 1 N–H and O–H groups in total. The van der Waals surface area contributed by atoms with Crippen LogP contribution >= 0.6 is 0 Å². The molecule has 0 bridgehead atoms. The van der Waals surface area contributed by atoms with Crippen molar-refractivity contribution in [1.82, 2.24) is 0 Å². The number of nitro benzene ring substituents is 1. The minimum Gasteiger partial charge on any atom is -0.481 e. The van der Waals surface area contributed by atoms with Gasteiger partial charge in [0.25, 0.3) is 5.69 Å². The zero-order valence-electron chi connectivity index (χ0n) is 11.1. The van der Waals surface area contributed by atoms with E-state index >= 15 is 0 Å². The predicted molar refractivity (Wildman–Crippen MR) is 70.2 cm³/mol. The average molecular weight is 300 g/mol. The highest BCUT2D eigenvalue weighted by molar-refractivity contribution is 5.67. The third-order valence-electron chi connectivity index (χ3n) is 3.51. The van der Waals surface area contributed by atoms with Gasteiger partial charge in [-0.25, -0.2) is 8.78 Å². The van der Waals surface area contributed by atoms with Crippen LogP contribution in [0.2, 0.25) is 0 Å². The van der Waals surface area contributed by atoms with Gasteiger partial charge >= 0.3 is 5.97 Å². The van der Waals surface area contributed by atoms with Crippen LogP contribution in [-0.2, 0) is 4.79 Å². The summed E-state index contributed by atoms with van der Waals surface area (Å²) in [5.74, 6) is -3.15. The molecule has 1 fully saturated rings. The van der Waals surface area contributed by atoms with Gasteiger partial charge in [0, 0.05) is 19.5 Å². The fourth-order valence-corrected chi connectivity index (χ4v) is 2.64. The maximum absolute atomic E-state index is 13.9. The molecule has 1 saturated heterocycles. The van der Waals surface area contributed by atoms with E-state index in [1.165, 1.54) is 4.90 Å². The maximum Gasteiger partial charge on any atom is 0.303 e. The topological polar surface area (TPSA) is 83.7 Å². The van der Waals surface area contributed by atoms with Crippen LogP contribution < -0.4 is 4.90 Å². The van der Waals surface area contributed by atoms with Gasteiger partial charge in [-0.15, -0.1) is 0 Å². The number of hydrogen-bond acceptors (Lipinski definition) is 4. The Morgan fingerprint density at radius 2 is 2.05 bits per heavy atom. The van der Waals surface area contributed by atoms with Crippen LogP contribution in [0.5, 0.6) is 0 Å². The van der Waals surface area contributed by atoms with Gasteiger partial charge < -0.3 is 10.0 Å². The van der Waals surface area contributed by atoms with Gasteiger partial charge in [-0.1, -0.05) is 0 Å². The van der Waals surface area contributed by atoms with Crippen LogP contribution in [0.4, 0.5) is 20.2 Å². The van der Waals surface area contributed by atoms with Gasteiger partial charge in [-0.05, 0) is 18.8 Å². The summed E-state index contributed by atoms with van der Waals surface area (Å²) in [5.41, 5.74) is -0.969. The zero-order valence-corrected chi connectivity index (χ0v) is 11.1. The van der Waals surface area contributed by atoms with E-state index in [-0.39, 0.29) is 24.6 Å². The van der Waals surface area contributed by atoms with Crippen molar-refractivity contribution in [3.05, 3.63) is 33.9 Å². The van der Waals surface area contributed by atoms with E-state index in [1.54, 1.807) is 0 Å². The molecule has 114 valence electrons. The van der Waals surface area contributed by atoms with Crippen LogP contribution in [0, 0.1) is 27.7 Å². The fraction of sp³-hybridized carbons (Fsp3) is 0.462. The molecule has 21 heavy (non-hydrogen) atoms. The third-order valence-corrected chi connectivity index (χ3v) is 3.51. The number of halogens is 2. The summed E-state index contributed by atoms with van der Waals surface area (Å²) >= 11 is 0. The Morgan fingerprint density at radius 1 is 1.43 bits per heavy atom. The molecular formula is C13H14F2N2O4. The Kier molecular flexibility index (Phi) is 4.35.